The molecule has 1 rings (SSSR count). The molecule has 0 bridgehead atoms. The third kappa shape index (κ3) is 5.03. The first-order chi connectivity index (χ1) is 8.15. The van der Waals surface area contributed by atoms with E-state index in [0.717, 1.165) is 18.4 Å². The summed E-state index contributed by atoms with van der Waals surface area (Å²) in [5.41, 5.74) is 0.959. The Bertz CT molecular complexity index is 352. The standard InChI is InChI=1S/C15H24OS/c1-4-5-6-7-8-9-10-15(16)14-11-12(2)17-13(14)3/h11H,4-10H2,1-3H3. The van der Waals surface area contributed by atoms with Gasteiger partial charge in [-0.15, -0.1) is 11.3 Å². The smallest absolute Gasteiger partial charge is 0.163 e. The van der Waals surface area contributed by atoms with Gasteiger partial charge < -0.3 is 0 Å². The molecular formula is C15H24OS. The van der Waals surface area contributed by atoms with Crippen LogP contribution in [0.2, 0.25) is 0 Å². The molecule has 0 aliphatic carbocycles. The van der Waals surface area contributed by atoms with Crippen LogP contribution in [0.5, 0.6) is 0 Å². The molecule has 0 saturated carbocycles. The molecule has 0 spiro atoms. The van der Waals surface area contributed by atoms with E-state index in [1.54, 1.807) is 11.3 Å². The molecule has 17 heavy (non-hydrogen) atoms. The first-order valence-electron chi connectivity index (χ1n) is 6.75. The van der Waals surface area contributed by atoms with E-state index in [2.05, 4.69) is 13.8 Å². The van der Waals surface area contributed by atoms with Gasteiger partial charge in [0.15, 0.2) is 5.78 Å². The van der Waals surface area contributed by atoms with E-state index in [1.165, 1.54) is 41.9 Å². The summed E-state index contributed by atoms with van der Waals surface area (Å²) < 4.78 is 0. The summed E-state index contributed by atoms with van der Waals surface area (Å²) in [6, 6.07) is 2.04. The third-order valence-corrected chi connectivity index (χ3v) is 4.06. The Morgan fingerprint density at radius 2 is 1.76 bits per heavy atom. The fourth-order valence-corrected chi connectivity index (χ4v) is 3.05. The summed E-state index contributed by atoms with van der Waals surface area (Å²) >= 11 is 1.73. The summed E-state index contributed by atoms with van der Waals surface area (Å²) in [5, 5.41) is 0. The van der Waals surface area contributed by atoms with Gasteiger partial charge in [-0.25, -0.2) is 0 Å². The first kappa shape index (κ1) is 14.4. The van der Waals surface area contributed by atoms with Crippen LogP contribution in [0.1, 0.15) is 72.0 Å². The zero-order valence-electron chi connectivity index (χ0n) is 11.3. The van der Waals surface area contributed by atoms with Crippen LogP contribution in [0.4, 0.5) is 0 Å². The van der Waals surface area contributed by atoms with E-state index >= 15 is 0 Å². The molecule has 96 valence electrons. The van der Waals surface area contributed by atoms with Gasteiger partial charge in [0.2, 0.25) is 0 Å². The molecule has 0 aliphatic rings. The lowest BCUT2D eigenvalue weighted by Crippen LogP contribution is -1.98. The van der Waals surface area contributed by atoms with Crippen LogP contribution in [0.3, 0.4) is 0 Å². The van der Waals surface area contributed by atoms with Gasteiger partial charge >= 0.3 is 0 Å². The molecular weight excluding hydrogens is 228 g/mol. The maximum atomic E-state index is 12.0. The topological polar surface area (TPSA) is 17.1 Å². The molecule has 0 amide bonds. The number of thiophene rings is 1. The number of aryl methyl sites for hydroxylation is 2. The predicted molar refractivity (Wildman–Crippen MR) is 76.1 cm³/mol. The Labute approximate surface area is 109 Å². The molecule has 0 aliphatic heterocycles. The molecule has 0 saturated heterocycles. The van der Waals surface area contributed by atoms with E-state index in [-0.39, 0.29) is 0 Å². The van der Waals surface area contributed by atoms with E-state index in [1.807, 2.05) is 13.0 Å². The number of hydrogen-bond acceptors (Lipinski definition) is 2. The number of carbonyl (C=O) groups is 1. The van der Waals surface area contributed by atoms with Crippen molar-refractivity contribution in [3.8, 4) is 0 Å². The second-order valence-corrected chi connectivity index (χ2v) is 6.23. The number of Topliss-reactive ketones (excluding diaryl/α,β-unsaturated/α-hetero) is 1. The van der Waals surface area contributed by atoms with Gasteiger partial charge in [-0.2, -0.15) is 0 Å². The summed E-state index contributed by atoms with van der Waals surface area (Å²) in [5.74, 6) is 0.336. The number of hydrogen-bond donors (Lipinski definition) is 0. The van der Waals surface area contributed by atoms with Crippen LogP contribution >= 0.6 is 11.3 Å². The highest BCUT2D eigenvalue weighted by atomic mass is 32.1. The van der Waals surface area contributed by atoms with Crippen LogP contribution in [-0.4, -0.2) is 5.78 Å². The maximum Gasteiger partial charge on any atom is 0.163 e. The highest BCUT2D eigenvalue weighted by Gasteiger charge is 2.11. The molecule has 1 nitrogen and oxygen atoms in total. The molecule has 0 aromatic carbocycles. The van der Waals surface area contributed by atoms with Crippen molar-refractivity contribution in [1.82, 2.24) is 0 Å². The Morgan fingerprint density at radius 3 is 2.35 bits per heavy atom. The van der Waals surface area contributed by atoms with Crippen molar-refractivity contribution in [2.24, 2.45) is 0 Å². The van der Waals surface area contributed by atoms with Crippen molar-refractivity contribution in [3.63, 3.8) is 0 Å². The van der Waals surface area contributed by atoms with E-state index in [0.29, 0.717) is 5.78 Å². The molecule has 1 aromatic heterocycles. The fourth-order valence-electron chi connectivity index (χ4n) is 2.11. The number of carbonyl (C=O) groups excluding carboxylic acids is 1. The van der Waals surface area contributed by atoms with Gasteiger partial charge in [0, 0.05) is 21.7 Å². The Morgan fingerprint density at radius 1 is 1.12 bits per heavy atom. The average Bonchev–Trinajstić information content (AvgIpc) is 2.62. The average molecular weight is 252 g/mol. The van der Waals surface area contributed by atoms with Crippen molar-refractivity contribution < 1.29 is 4.79 Å². The minimum atomic E-state index is 0.336. The largest absolute Gasteiger partial charge is 0.294 e. The van der Waals surface area contributed by atoms with E-state index < -0.39 is 0 Å². The third-order valence-electron chi connectivity index (χ3n) is 3.10. The number of unbranched alkanes of at least 4 members (excludes halogenated alkanes) is 5. The quantitative estimate of drug-likeness (QED) is 0.453. The summed E-state index contributed by atoms with van der Waals surface area (Å²) in [6.07, 6.45) is 8.20. The highest BCUT2D eigenvalue weighted by molar-refractivity contribution is 7.12. The molecule has 0 unspecified atom stereocenters. The normalized spacial score (nSPS) is 10.8. The Balaban J connectivity index is 2.23. The van der Waals surface area contributed by atoms with Crippen molar-refractivity contribution >= 4 is 17.1 Å². The van der Waals surface area contributed by atoms with Crippen LogP contribution < -0.4 is 0 Å². The molecule has 1 heterocycles. The fraction of sp³-hybridized carbons (Fsp3) is 0.667. The van der Waals surface area contributed by atoms with Crippen molar-refractivity contribution in [1.29, 1.82) is 0 Å². The lowest BCUT2D eigenvalue weighted by Gasteiger charge is -2.01. The summed E-state index contributed by atoms with van der Waals surface area (Å²) in [6.45, 7) is 6.34. The second-order valence-electron chi connectivity index (χ2n) is 4.77. The summed E-state index contributed by atoms with van der Waals surface area (Å²) in [7, 11) is 0. The summed E-state index contributed by atoms with van der Waals surface area (Å²) in [4.78, 5) is 14.4. The van der Waals surface area contributed by atoms with Crippen molar-refractivity contribution in [3.05, 3.63) is 21.4 Å². The minimum Gasteiger partial charge on any atom is -0.294 e. The minimum absolute atomic E-state index is 0.336. The number of rotatable bonds is 8. The highest BCUT2D eigenvalue weighted by Crippen LogP contribution is 2.22. The lowest BCUT2D eigenvalue weighted by atomic mass is 10.0. The first-order valence-corrected chi connectivity index (χ1v) is 7.57. The van der Waals surface area contributed by atoms with Crippen LogP contribution in [0.25, 0.3) is 0 Å². The van der Waals surface area contributed by atoms with Crippen molar-refractivity contribution in [2.45, 2.75) is 65.7 Å². The van der Waals surface area contributed by atoms with Crippen LogP contribution in [0.15, 0.2) is 6.07 Å². The van der Waals surface area contributed by atoms with Gasteiger partial charge in [-0.05, 0) is 26.3 Å². The molecule has 0 N–H and O–H groups in total. The maximum absolute atomic E-state index is 12.0. The SMILES string of the molecule is CCCCCCCCC(=O)c1cc(C)sc1C. The monoisotopic (exact) mass is 252 g/mol. The Kier molecular flexibility index (Phi) is 6.49. The van der Waals surface area contributed by atoms with E-state index in [4.69, 9.17) is 0 Å². The molecule has 2 heteroatoms. The zero-order chi connectivity index (χ0) is 12.7. The Hall–Kier alpha value is -0.630. The van der Waals surface area contributed by atoms with Crippen LogP contribution in [0, 0.1) is 13.8 Å². The van der Waals surface area contributed by atoms with Crippen LogP contribution in [-0.2, 0) is 0 Å². The van der Waals surface area contributed by atoms with Gasteiger partial charge in [0.05, 0.1) is 0 Å². The van der Waals surface area contributed by atoms with Gasteiger partial charge in [-0.1, -0.05) is 39.0 Å². The zero-order valence-corrected chi connectivity index (χ0v) is 12.2. The molecule has 1 aromatic rings. The van der Waals surface area contributed by atoms with Gasteiger partial charge in [-0.3, -0.25) is 4.79 Å². The molecule has 0 fully saturated rings. The second kappa shape index (κ2) is 7.65. The molecule has 0 radical (unpaired) electrons. The predicted octanol–water partition coefficient (Wildman–Crippen LogP) is 5.30. The molecule has 0 atom stereocenters. The van der Waals surface area contributed by atoms with E-state index in [9.17, 15) is 4.79 Å². The number of ketones is 1. The van der Waals surface area contributed by atoms with Crippen molar-refractivity contribution in [2.75, 3.05) is 0 Å². The van der Waals surface area contributed by atoms with Gasteiger partial charge in [0.25, 0.3) is 0 Å². The van der Waals surface area contributed by atoms with Gasteiger partial charge in [0.1, 0.15) is 0 Å². The lowest BCUT2D eigenvalue weighted by molar-refractivity contribution is 0.0979.